The van der Waals surface area contributed by atoms with Crippen molar-refractivity contribution in [3.63, 3.8) is 0 Å². The van der Waals surface area contributed by atoms with Crippen molar-refractivity contribution in [2.75, 3.05) is 26.7 Å². The third-order valence-corrected chi connectivity index (χ3v) is 5.32. The molecule has 1 N–H and O–H groups in total. The molecule has 4 rings (SSSR count). The predicted molar refractivity (Wildman–Crippen MR) is 103 cm³/mol. The Bertz CT molecular complexity index is 757. The normalized spacial score (nSPS) is 21.8. The number of pyridine rings is 1. The Morgan fingerprint density at radius 3 is 2.56 bits per heavy atom. The minimum atomic E-state index is 0.478. The van der Waals surface area contributed by atoms with E-state index in [0.29, 0.717) is 6.04 Å². The molecule has 1 unspecified atom stereocenters. The van der Waals surface area contributed by atoms with E-state index < -0.39 is 0 Å². The summed E-state index contributed by atoms with van der Waals surface area (Å²) in [5.41, 5.74) is 8.65. The number of nitrogens with one attached hydrogen (secondary N) is 1. The van der Waals surface area contributed by atoms with Crippen LogP contribution < -0.4 is 5.43 Å². The Hall–Kier alpha value is -1.88. The van der Waals surface area contributed by atoms with Crippen LogP contribution in [-0.2, 0) is 0 Å². The maximum absolute atomic E-state index is 6.08. The van der Waals surface area contributed by atoms with Crippen LogP contribution in [0.2, 0.25) is 5.02 Å². The van der Waals surface area contributed by atoms with Crippen LogP contribution in [0.3, 0.4) is 0 Å². The number of aromatic nitrogens is 1. The third-order valence-electron chi connectivity index (χ3n) is 5.06. The van der Waals surface area contributed by atoms with Gasteiger partial charge in [-0.1, -0.05) is 23.7 Å². The molecule has 4 nitrogen and oxygen atoms in total. The summed E-state index contributed by atoms with van der Waals surface area (Å²) < 4.78 is 0. The molecule has 2 aliphatic rings. The van der Waals surface area contributed by atoms with Gasteiger partial charge in [-0.25, -0.2) is 5.43 Å². The lowest BCUT2D eigenvalue weighted by Crippen LogP contribution is -2.49. The van der Waals surface area contributed by atoms with Crippen LogP contribution in [0.4, 0.5) is 0 Å². The van der Waals surface area contributed by atoms with E-state index >= 15 is 0 Å². The van der Waals surface area contributed by atoms with Crippen molar-refractivity contribution in [1.29, 1.82) is 0 Å². The summed E-state index contributed by atoms with van der Waals surface area (Å²) in [6, 6.07) is 12.8. The van der Waals surface area contributed by atoms with Crippen LogP contribution in [-0.4, -0.2) is 47.6 Å². The molecule has 0 amide bonds. The first kappa shape index (κ1) is 16.6. The maximum atomic E-state index is 6.08. The molecule has 0 aliphatic carbocycles. The van der Waals surface area contributed by atoms with Crippen molar-refractivity contribution in [2.45, 2.75) is 18.9 Å². The molecule has 0 spiro atoms. The smallest absolute Gasteiger partial charge is 0.0648 e. The molecule has 130 valence electrons. The lowest BCUT2D eigenvalue weighted by molar-refractivity contribution is 0.133. The highest BCUT2D eigenvalue weighted by Crippen LogP contribution is 2.35. The average molecular weight is 355 g/mol. The number of halogens is 1. The number of piperidine rings is 1. The van der Waals surface area contributed by atoms with Gasteiger partial charge in [0.1, 0.15) is 0 Å². The average Bonchev–Trinajstić information content (AvgIpc) is 3.08. The topological polar surface area (TPSA) is 31.4 Å². The van der Waals surface area contributed by atoms with Crippen LogP contribution in [0, 0.1) is 0 Å². The molecule has 2 aromatic rings. The summed E-state index contributed by atoms with van der Waals surface area (Å²) in [5, 5.41) is 3.15. The number of benzene rings is 1. The van der Waals surface area contributed by atoms with Crippen LogP contribution in [0.25, 0.3) is 11.3 Å². The molecule has 1 fully saturated rings. The molecule has 0 bridgehead atoms. The van der Waals surface area contributed by atoms with Gasteiger partial charge in [0.2, 0.25) is 0 Å². The fraction of sp³-hybridized carbons (Fsp3) is 0.350. The zero-order valence-corrected chi connectivity index (χ0v) is 15.2. The van der Waals surface area contributed by atoms with Gasteiger partial charge >= 0.3 is 0 Å². The van der Waals surface area contributed by atoms with Crippen molar-refractivity contribution in [2.24, 2.45) is 0 Å². The molecule has 0 saturated carbocycles. The molecule has 3 heterocycles. The highest BCUT2D eigenvalue weighted by atomic mass is 35.5. The van der Waals surface area contributed by atoms with Gasteiger partial charge in [0.25, 0.3) is 0 Å². The van der Waals surface area contributed by atoms with Crippen molar-refractivity contribution >= 4 is 22.9 Å². The number of hydrogen-bond donors (Lipinski definition) is 1. The largest absolute Gasteiger partial charge is 0.304 e. The minimum Gasteiger partial charge on any atom is -0.304 e. The summed E-state index contributed by atoms with van der Waals surface area (Å²) >= 11 is 6.08. The molecule has 5 heteroatoms. The van der Waals surface area contributed by atoms with Gasteiger partial charge in [0.15, 0.2) is 0 Å². The predicted octanol–water partition coefficient (Wildman–Crippen LogP) is 3.52. The molecule has 2 aliphatic heterocycles. The lowest BCUT2D eigenvalue weighted by atomic mass is 9.99. The second kappa shape index (κ2) is 7.16. The van der Waals surface area contributed by atoms with E-state index in [-0.39, 0.29) is 0 Å². The van der Waals surface area contributed by atoms with Crippen LogP contribution in [0.5, 0.6) is 0 Å². The van der Waals surface area contributed by atoms with Gasteiger partial charge in [-0.3, -0.25) is 4.98 Å². The summed E-state index contributed by atoms with van der Waals surface area (Å²) in [4.78, 5) is 6.61. The maximum Gasteiger partial charge on any atom is 0.0648 e. The number of hydrazine groups is 1. The molecule has 1 aromatic heterocycles. The second-order valence-corrected chi connectivity index (χ2v) is 7.27. The fourth-order valence-electron chi connectivity index (χ4n) is 3.85. The van der Waals surface area contributed by atoms with Crippen LogP contribution >= 0.6 is 11.6 Å². The second-order valence-electron chi connectivity index (χ2n) is 6.83. The number of hydrogen-bond acceptors (Lipinski definition) is 4. The van der Waals surface area contributed by atoms with E-state index in [0.717, 1.165) is 18.1 Å². The number of likely N-dealkylation sites (tertiary alicyclic amines) is 1. The molecule has 1 aromatic carbocycles. The third kappa shape index (κ3) is 3.43. The van der Waals surface area contributed by atoms with Crippen molar-refractivity contribution in [3.8, 4) is 0 Å². The highest BCUT2D eigenvalue weighted by molar-refractivity contribution is 6.30. The van der Waals surface area contributed by atoms with Gasteiger partial charge < -0.3 is 9.91 Å². The highest BCUT2D eigenvalue weighted by Gasteiger charge is 2.32. The lowest BCUT2D eigenvalue weighted by Gasteiger charge is -2.38. The SMILES string of the molecule is CN1CCCC(N2NCC(c3ccc(Cl)cc3)=C2c2ccncc2)C1. The van der Waals surface area contributed by atoms with E-state index in [1.54, 1.807) is 0 Å². The van der Waals surface area contributed by atoms with Gasteiger partial charge in [0, 0.05) is 41.6 Å². The molecule has 1 atom stereocenters. The molecule has 0 radical (unpaired) electrons. The van der Waals surface area contributed by atoms with Crippen molar-refractivity contribution in [1.82, 2.24) is 20.3 Å². The Balaban J connectivity index is 1.76. The Morgan fingerprint density at radius 1 is 1.08 bits per heavy atom. The molecule has 1 saturated heterocycles. The standard InChI is InChI=1S/C20H23ClN4/c1-24-12-2-3-18(14-24)25-20(16-8-10-22-11-9-16)19(13-23-25)15-4-6-17(21)7-5-15/h4-11,18,23H,2-3,12-14H2,1H3. The summed E-state index contributed by atoms with van der Waals surface area (Å²) in [5.74, 6) is 0. The zero-order chi connectivity index (χ0) is 17.2. The monoisotopic (exact) mass is 354 g/mol. The summed E-state index contributed by atoms with van der Waals surface area (Å²) in [7, 11) is 2.21. The minimum absolute atomic E-state index is 0.478. The Labute approximate surface area is 154 Å². The van der Waals surface area contributed by atoms with E-state index in [1.165, 1.54) is 41.8 Å². The zero-order valence-electron chi connectivity index (χ0n) is 14.5. The van der Waals surface area contributed by atoms with E-state index in [9.17, 15) is 0 Å². The van der Waals surface area contributed by atoms with E-state index in [1.807, 2.05) is 24.5 Å². The first-order valence-electron chi connectivity index (χ1n) is 8.83. The first-order chi connectivity index (χ1) is 12.2. The van der Waals surface area contributed by atoms with Crippen molar-refractivity contribution in [3.05, 3.63) is 64.9 Å². The Kier molecular flexibility index (Phi) is 4.75. The fourth-order valence-corrected chi connectivity index (χ4v) is 3.97. The summed E-state index contributed by atoms with van der Waals surface area (Å²) in [6.07, 6.45) is 6.18. The van der Waals surface area contributed by atoms with E-state index in [4.69, 9.17) is 11.6 Å². The van der Waals surface area contributed by atoms with Crippen LogP contribution in [0.1, 0.15) is 24.0 Å². The van der Waals surface area contributed by atoms with E-state index in [2.05, 4.69) is 51.6 Å². The number of likely N-dealkylation sites (N-methyl/N-ethyl adjacent to an activating group) is 1. The number of rotatable bonds is 3. The van der Waals surface area contributed by atoms with Gasteiger partial charge in [0.05, 0.1) is 11.7 Å². The quantitative estimate of drug-likeness (QED) is 0.913. The first-order valence-corrected chi connectivity index (χ1v) is 9.21. The number of nitrogens with zero attached hydrogens (tertiary/aromatic N) is 3. The molecule has 25 heavy (non-hydrogen) atoms. The Morgan fingerprint density at radius 2 is 1.84 bits per heavy atom. The molecular formula is C20H23ClN4. The van der Waals surface area contributed by atoms with Gasteiger partial charge in [-0.2, -0.15) is 0 Å². The summed E-state index contributed by atoms with van der Waals surface area (Å²) in [6.45, 7) is 3.09. The van der Waals surface area contributed by atoms with Gasteiger partial charge in [-0.05, 0) is 56.3 Å². The van der Waals surface area contributed by atoms with Crippen molar-refractivity contribution < 1.29 is 0 Å². The molecular weight excluding hydrogens is 332 g/mol. The van der Waals surface area contributed by atoms with Crippen LogP contribution in [0.15, 0.2) is 48.8 Å². The van der Waals surface area contributed by atoms with Gasteiger partial charge in [-0.15, -0.1) is 0 Å².